The van der Waals surface area contributed by atoms with Gasteiger partial charge in [-0.1, -0.05) is 11.3 Å². The third-order valence-electron chi connectivity index (χ3n) is 4.04. The zero-order chi connectivity index (χ0) is 15.4. The van der Waals surface area contributed by atoms with Gasteiger partial charge in [-0.25, -0.2) is 0 Å². The van der Waals surface area contributed by atoms with Gasteiger partial charge in [-0.15, -0.1) is 0 Å². The van der Waals surface area contributed by atoms with Crippen LogP contribution >= 0.6 is 11.3 Å². The molecule has 0 unspecified atom stereocenters. The molecule has 0 atom stereocenters. The van der Waals surface area contributed by atoms with Crippen molar-refractivity contribution in [1.82, 2.24) is 15.2 Å². The largest absolute Gasteiger partial charge is 0.480 e. The number of methoxy groups -OCH3 is 1. The topological polar surface area (TPSA) is 40.6 Å². The average Bonchev–Trinajstić information content (AvgIpc) is 2.89. The zero-order valence-corrected chi connectivity index (χ0v) is 14.7. The maximum absolute atomic E-state index is 5.39. The molecule has 5 nitrogen and oxygen atoms in total. The molecule has 0 aliphatic carbocycles. The van der Waals surface area contributed by atoms with Crippen LogP contribution in [0.15, 0.2) is 0 Å². The second kappa shape index (κ2) is 7.42. The van der Waals surface area contributed by atoms with Crippen molar-refractivity contribution in [1.29, 1.82) is 0 Å². The Bertz CT molecular complexity index is 439. The van der Waals surface area contributed by atoms with Crippen LogP contribution < -0.4 is 15.0 Å². The molecule has 1 aliphatic rings. The SMILES string of the molecule is COc1nc(N(C)C)sc1CNC1CCN(C(C)C)CC1. The maximum Gasteiger partial charge on any atom is 0.230 e. The van der Waals surface area contributed by atoms with Gasteiger partial charge in [0, 0.05) is 32.7 Å². The van der Waals surface area contributed by atoms with E-state index in [0.717, 1.165) is 17.6 Å². The lowest BCUT2D eigenvalue weighted by Crippen LogP contribution is -2.44. The fourth-order valence-corrected chi connectivity index (χ4v) is 3.55. The minimum absolute atomic E-state index is 0.606. The van der Waals surface area contributed by atoms with Crippen LogP contribution in [0.4, 0.5) is 5.13 Å². The van der Waals surface area contributed by atoms with Crippen molar-refractivity contribution in [2.24, 2.45) is 0 Å². The van der Waals surface area contributed by atoms with E-state index >= 15 is 0 Å². The van der Waals surface area contributed by atoms with E-state index in [1.54, 1.807) is 18.4 Å². The fourth-order valence-electron chi connectivity index (χ4n) is 2.65. The molecule has 6 heteroatoms. The summed E-state index contributed by atoms with van der Waals surface area (Å²) >= 11 is 1.70. The third-order valence-corrected chi connectivity index (χ3v) is 5.24. The molecular formula is C15H28N4OS. The second-order valence-electron chi connectivity index (χ2n) is 6.11. The van der Waals surface area contributed by atoms with E-state index in [1.807, 2.05) is 19.0 Å². The van der Waals surface area contributed by atoms with Crippen molar-refractivity contribution in [3.8, 4) is 5.88 Å². The van der Waals surface area contributed by atoms with Crippen molar-refractivity contribution in [2.45, 2.75) is 45.3 Å². The van der Waals surface area contributed by atoms with Crippen LogP contribution in [0.3, 0.4) is 0 Å². The molecule has 120 valence electrons. The predicted molar refractivity (Wildman–Crippen MR) is 89.6 cm³/mol. The molecule has 0 radical (unpaired) electrons. The van der Waals surface area contributed by atoms with Gasteiger partial charge >= 0.3 is 0 Å². The Morgan fingerprint density at radius 3 is 2.57 bits per heavy atom. The molecule has 0 amide bonds. The number of thiazole rings is 1. The number of piperidine rings is 1. The lowest BCUT2D eigenvalue weighted by molar-refractivity contribution is 0.161. The van der Waals surface area contributed by atoms with Gasteiger partial charge in [-0.2, -0.15) is 4.98 Å². The van der Waals surface area contributed by atoms with E-state index in [2.05, 4.69) is 29.0 Å². The first kappa shape index (κ1) is 16.5. The van der Waals surface area contributed by atoms with E-state index in [4.69, 9.17) is 4.74 Å². The second-order valence-corrected chi connectivity index (χ2v) is 7.17. The van der Waals surface area contributed by atoms with Crippen molar-refractivity contribution < 1.29 is 4.74 Å². The van der Waals surface area contributed by atoms with Crippen molar-refractivity contribution in [3.05, 3.63) is 4.88 Å². The van der Waals surface area contributed by atoms with Gasteiger partial charge in [0.05, 0.1) is 12.0 Å². The molecule has 21 heavy (non-hydrogen) atoms. The van der Waals surface area contributed by atoms with Gasteiger partial charge in [-0.05, 0) is 39.8 Å². The summed E-state index contributed by atoms with van der Waals surface area (Å²) in [5.74, 6) is 0.760. The van der Waals surface area contributed by atoms with Gasteiger partial charge in [-0.3, -0.25) is 0 Å². The van der Waals surface area contributed by atoms with E-state index in [0.29, 0.717) is 12.1 Å². The summed E-state index contributed by atoms with van der Waals surface area (Å²) in [6.45, 7) is 7.79. The van der Waals surface area contributed by atoms with Crippen molar-refractivity contribution >= 4 is 16.5 Å². The molecular weight excluding hydrogens is 284 g/mol. The summed E-state index contributed by atoms with van der Waals surface area (Å²) in [7, 11) is 5.72. The normalized spacial score (nSPS) is 17.4. The third kappa shape index (κ3) is 4.31. The highest BCUT2D eigenvalue weighted by Gasteiger charge is 2.21. The first-order valence-electron chi connectivity index (χ1n) is 7.69. The molecule has 0 aromatic carbocycles. The lowest BCUT2D eigenvalue weighted by atomic mass is 10.0. The number of hydrogen-bond donors (Lipinski definition) is 1. The minimum Gasteiger partial charge on any atom is -0.480 e. The van der Waals surface area contributed by atoms with Gasteiger partial charge < -0.3 is 19.9 Å². The van der Waals surface area contributed by atoms with Crippen LogP contribution in [0, 0.1) is 0 Å². The number of anilines is 1. The summed E-state index contributed by atoms with van der Waals surface area (Å²) < 4.78 is 5.39. The highest BCUT2D eigenvalue weighted by molar-refractivity contribution is 7.15. The number of nitrogens with zero attached hydrogens (tertiary/aromatic N) is 3. The molecule has 1 aromatic rings. The molecule has 1 aromatic heterocycles. The summed E-state index contributed by atoms with van der Waals surface area (Å²) in [6, 6.07) is 1.27. The van der Waals surface area contributed by atoms with Crippen LogP contribution in [0.1, 0.15) is 31.6 Å². The monoisotopic (exact) mass is 312 g/mol. The van der Waals surface area contributed by atoms with Crippen LogP contribution in [0.25, 0.3) is 0 Å². The summed E-state index contributed by atoms with van der Waals surface area (Å²) in [6.07, 6.45) is 2.44. The molecule has 0 bridgehead atoms. The van der Waals surface area contributed by atoms with E-state index < -0.39 is 0 Å². The molecule has 2 rings (SSSR count). The fraction of sp³-hybridized carbons (Fsp3) is 0.800. The quantitative estimate of drug-likeness (QED) is 0.872. The Morgan fingerprint density at radius 2 is 2.05 bits per heavy atom. The Hall–Kier alpha value is -0.850. The Balaban J connectivity index is 1.86. The van der Waals surface area contributed by atoms with Gasteiger partial charge in [0.1, 0.15) is 0 Å². The minimum atomic E-state index is 0.606. The van der Waals surface area contributed by atoms with Crippen molar-refractivity contribution in [2.75, 3.05) is 39.2 Å². The van der Waals surface area contributed by atoms with Crippen molar-refractivity contribution in [3.63, 3.8) is 0 Å². The highest BCUT2D eigenvalue weighted by atomic mass is 32.1. The van der Waals surface area contributed by atoms with Crippen LogP contribution in [0.2, 0.25) is 0 Å². The predicted octanol–water partition coefficient (Wildman–Crippen LogP) is 2.18. The first-order chi connectivity index (χ1) is 10.0. The van der Waals surface area contributed by atoms with E-state index in [-0.39, 0.29) is 0 Å². The Morgan fingerprint density at radius 1 is 1.38 bits per heavy atom. The first-order valence-corrected chi connectivity index (χ1v) is 8.51. The van der Waals surface area contributed by atoms with Gasteiger partial charge in [0.15, 0.2) is 5.13 Å². The van der Waals surface area contributed by atoms with E-state index in [1.165, 1.54) is 30.8 Å². The molecule has 2 heterocycles. The standard InChI is InChI=1S/C15H28N4OS/c1-11(2)19-8-6-12(7-9-19)16-10-13-14(20-5)17-15(21-13)18(3)4/h11-12,16H,6-10H2,1-5H3. The van der Waals surface area contributed by atoms with Crippen LogP contribution in [0.5, 0.6) is 5.88 Å². The van der Waals surface area contributed by atoms with E-state index in [9.17, 15) is 0 Å². The van der Waals surface area contributed by atoms with Crippen LogP contribution in [-0.2, 0) is 6.54 Å². The Labute approximate surface area is 132 Å². The number of aromatic nitrogens is 1. The maximum atomic E-state index is 5.39. The molecule has 1 N–H and O–H groups in total. The molecule has 1 fully saturated rings. The molecule has 1 saturated heterocycles. The molecule has 0 saturated carbocycles. The smallest absolute Gasteiger partial charge is 0.230 e. The van der Waals surface area contributed by atoms with Gasteiger partial charge in [0.25, 0.3) is 0 Å². The highest BCUT2D eigenvalue weighted by Crippen LogP contribution is 2.30. The number of ether oxygens (including phenoxy) is 1. The summed E-state index contributed by atoms with van der Waals surface area (Å²) in [5.41, 5.74) is 0. The number of rotatable bonds is 6. The number of likely N-dealkylation sites (tertiary alicyclic amines) is 1. The lowest BCUT2D eigenvalue weighted by Gasteiger charge is -2.34. The molecule has 1 aliphatic heterocycles. The summed E-state index contributed by atoms with van der Waals surface area (Å²) in [4.78, 5) is 10.3. The average molecular weight is 312 g/mol. The van der Waals surface area contributed by atoms with Gasteiger partial charge in [0.2, 0.25) is 5.88 Å². The number of hydrogen-bond acceptors (Lipinski definition) is 6. The summed E-state index contributed by atoms with van der Waals surface area (Å²) in [5, 5.41) is 4.67. The number of nitrogens with one attached hydrogen (secondary N) is 1. The van der Waals surface area contributed by atoms with Crippen LogP contribution in [-0.4, -0.2) is 56.3 Å². The molecule has 0 spiro atoms. The zero-order valence-electron chi connectivity index (χ0n) is 13.8. The Kier molecular flexibility index (Phi) is 5.84.